The van der Waals surface area contributed by atoms with E-state index in [-0.39, 0.29) is 18.7 Å². The van der Waals surface area contributed by atoms with Crippen molar-refractivity contribution in [3.05, 3.63) is 45.5 Å². The maximum atomic E-state index is 11.0. The molecule has 0 heterocycles. The molecule has 0 bridgehead atoms. The average molecular weight is 280 g/mol. The number of carbonyl (C=O) groups excluding carboxylic acids is 1. The minimum absolute atomic E-state index is 0.141. The van der Waals surface area contributed by atoms with Gasteiger partial charge in [-0.25, -0.2) is 4.79 Å². The first kappa shape index (κ1) is 15.8. The Bertz CT molecular complexity index is 527. The molecule has 1 aromatic rings. The molecular weight excluding hydrogens is 264 g/mol. The van der Waals surface area contributed by atoms with Gasteiger partial charge in [0.25, 0.3) is 5.69 Å². The minimum Gasteiger partial charge on any atom is -0.466 e. The zero-order valence-corrected chi connectivity index (χ0v) is 11.0. The van der Waals surface area contributed by atoms with Crippen LogP contribution < -0.4 is 5.73 Å². The third kappa shape index (κ3) is 4.15. The second-order valence-corrected chi connectivity index (χ2v) is 4.05. The summed E-state index contributed by atoms with van der Waals surface area (Å²) in [6, 6.07) is 3.85. The van der Waals surface area contributed by atoms with Gasteiger partial charge in [0.05, 0.1) is 12.0 Å². The number of esters is 1. The Hall–Kier alpha value is -2.25. The topological polar surface area (TPSA) is 116 Å². The summed E-state index contributed by atoms with van der Waals surface area (Å²) >= 11 is 0. The van der Waals surface area contributed by atoms with Crippen LogP contribution in [0.15, 0.2) is 24.3 Å². The van der Waals surface area contributed by atoms with E-state index in [2.05, 4.69) is 4.74 Å². The van der Waals surface area contributed by atoms with Crippen molar-refractivity contribution >= 4 is 17.7 Å². The van der Waals surface area contributed by atoms with E-state index in [1.54, 1.807) is 6.07 Å². The van der Waals surface area contributed by atoms with Crippen LogP contribution in [0.4, 0.5) is 5.69 Å². The monoisotopic (exact) mass is 280 g/mol. The lowest BCUT2D eigenvalue weighted by molar-refractivity contribution is -0.385. The Morgan fingerprint density at radius 3 is 2.85 bits per heavy atom. The zero-order valence-electron chi connectivity index (χ0n) is 11.0. The molecule has 0 spiro atoms. The Morgan fingerprint density at radius 2 is 2.30 bits per heavy atom. The molecule has 20 heavy (non-hydrogen) atoms. The molecule has 0 radical (unpaired) electrons. The number of nitro groups is 1. The van der Waals surface area contributed by atoms with E-state index in [1.165, 1.54) is 31.4 Å². The highest BCUT2D eigenvalue weighted by Gasteiger charge is 2.19. The molecule has 7 heteroatoms. The van der Waals surface area contributed by atoms with Crippen molar-refractivity contribution in [3.8, 4) is 0 Å². The number of aliphatic hydroxyl groups is 1. The molecule has 1 unspecified atom stereocenters. The van der Waals surface area contributed by atoms with Gasteiger partial charge < -0.3 is 15.6 Å². The van der Waals surface area contributed by atoms with Gasteiger partial charge in [0, 0.05) is 30.4 Å². The highest BCUT2D eigenvalue weighted by molar-refractivity contribution is 5.87. The van der Waals surface area contributed by atoms with E-state index >= 15 is 0 Å². The Balaban J connectivity index is 3.10. The summed E-state index contributed by atoms with van der Waals surface area (Å²) in [7, 11) is 1.24. The number of carbonyl (C=O) groups is 1. The number of ether oxygens (including phenoxy) is 1. The van der Waals surface area contributed by atoms with Gasteiger partial charge in [-0.1, -0.05) is 6.07 Å². The van der Waals surface area contributed by atoms with Crippen LogP contribution in [-0.2, 0) is 9.53 Å². The van der Waals surface area contributed by atoms with Gasteiger partial charge in [-0.05, 0) is 24.1 Å². The molecule has 7 nitrogen and oxygen atoms in total. The lowest BCUT2D eigenvalue weighted by Gasteiger charge is -2.11. The molecular formula is C13H16N2O5. The lowest BCUT2D eigenvalue weighted by Crippen LogP contribution is -2.14. The Labute approximate surface area is 115 Å². The molecule has 0 aliphatic rings. The molecule has 0 aliphatic heterocycles. The predicted octanol–water partition coefficient (Wildman–Crippen LogP) is 1.16. The fourth-order valence-electron chi connectivity index (χ4n) is 1.66. The first-order valence-electron chi connectivity index (χ1n) is 5.90. The molecule has 0 fully saturated rings. The standard InChI is InChI=1S/C13H16N2O5/c1-20-13(17)5-3-9-2-4-10(11(14)6-7-16)12(8-9)15(18)19/h2-5,8,11,16H,6-7,14H2,1H3/b5-3+. The van der Waals surface area contributed by atoms with Crippen LogP contribution in [0.1, 0.15) is 23.6 Å². The molecule has 1 aromatic carbocycles. The number of hydrogen-bond donors (Lipinski definition) is 2. The van der Waals surface area contributed by atoms with E-state index in [4.69, 9.17) is 10.8 Å². The van der Waals surface area contributed by atoms with Crippen molar-refractivity contribution in [2.45, 2.75) is 12.5 Å². The van der Waals surface area contributed by atoms with E-state index in [9.17, 15) is 14.9 Å². The summed E-state index contributed by atoms with van der Waals surface area (Å²) in [6.45, 7) is -0.150. The van der Waals surface area contributed by atoms with Crippen molar-refractivity contribution < 1.29 is 19.6 Å². The second-order valence-electron chi connectivity index (χ2n) is 4.05. The molecule has 3 N–H and O–H groups in total. The highest BCUT2D eigenvalue weighted by Crippen LogP contribution is 2.27. The fourth-order valence-corrected chi connectivity index (χ4v) is 1.66. The number of nitro benzene ring substituents is 1. The summed E-state index contributed by atoms with van der Waals surface area (Å²) in [5.41, 5.74) is 6.48. The molecule has 108 valence electrons. The van der Waals surface area contributed by atoms with Crippen molar-refractivity contribution in [2.24, 2.45) is 5.73 Å². The molecule has 1 atom stereocenters. The molecule has 0 saturated carbocycles. The quantitative estimate of drug-likeness (QED) is 0.349. The smallest absolute Gasteiger partial charge is 0.330 e. The third-order valence-electron chi connectivity index (χ3n) is 2.70. The van der Waals surface area contributed by atoms with Gasteiger partial charge >= 0.3 is 5.97 Å². The Morgan fingerprint density at radius 1 is 1.60 bits per heavy atom. The molecule has 1 rings (SSSR count). The van der Waals surface area contributed by atoms with Crippen molar-refractivity contribution in [2.75, 3.05) is 13.7 Å². The number of hydrogen-bond acceptors (Lipinski definition) is 6. The van der Waals surface area contributed by atoms with E-state index < -0.39 is 16.9 Å². The number of nitrogens with two attached hydrogens (primary N) is 1. The van der Waals surface area contributed by atoms with Gasteiger partial charge in [0.1, 0.15) is 0 Å². The average Bonchev–Trinajstić information content (AvgIpc) is 2.44. The lowest BCUT2D eigenvalue weighted by atomic mass is 10.0. The number of methoxy groups -OCH3 is 1. The number of benzene rings is 1. The van der Waals surface area contributed by atoms with Gasteiger partial charge in [-0.2, -0.15) is 0 Å². The van der Waals surface area contributed by atoms with Crippen LogP contribution in [-0.4, -0.2) is 29.7 Å². The first-order valence-corrected chi connectivity index (χ1v) is 5.90. The fraction of sp³-hybridized carbons (Fsp3) is 0.308. The minimum atomic E-state index is -0.612. The van der Waals surface area contributed by atoms with Crippen LogP contribution in [0.2, 0.25) is 0 Å². The van der Waals surface area contributed by atoms with Gasteiger partial charge in [-0.15, -0.1) is 0 Å². The predicted molar refractivity (Wildman–Crippen MR) is 72.8 cm³/mol. The number of nitrogens with zero attached hydrogens (tertiary/aromatic N) is 1. The summed E-state index contributed by atoms with van der Waals surface area (Å²) in [6.07, 6.45) is 2.82. The SMILES string of the molecule is COC(=O)/C=C/c1ccc(C(N)CCO)c([N+](=O)[O-])c1. The summed E-state index contributed by atoms with van der Waals surface area (Å²) < 4.78 is 4.44. The van der Waals surface area contributed by atoms with Crippen LogP contribution in [0, 0.1) is 10.1 Å². The van der Waals surface area contributed by atoms with E-state index in [1.807, 2.05) is 0 Å². The van der Waals surface area contributed by atoms with Gasteiger partial charge in [-0.3, -0.25) is 10.1 Å². The number of aliphatic hydroxyl groups excluding tert-OH is 1. The van der Waals surface area contributed by atoms with Crippen molar-refractivity contribution in [1.29, 1.82) is 0 Å². The van der Waals surface area contributed by atoms with Gasteiger partial charge in [0.15, 0.2) is 0 Å². The number of rotatable bonds is 6. The second kappa shape index (κ2) is 7.37. The maximum Gasteiger partial charge on any atom is 0.330 e. The van der Waals surface area contributed by atoms with E-state index in [0.29, 0.717) is 11.1 Å². The normalized spacial score (nSPS) is 12.3. The Kier molecular flexibility index (Phi) is 5.82. The molecule has 0 aliphatic carbocycles. The first-order chi connectivity index (χ1) is 9.49. The largest absolute Gasteiger partial charge is 0.466 e. The van der Waals surface area contributed by atoms with E-state index in [0.717, 1.165) is 0 Å². The van der Waals surface area contributed by atoms with Crippen LogP contribution in [0.3, 0.4) is 0 Å². The summed E-state index contributed by atoms with van der Waals surface area (Å²) in [5.74, 6) is -0.547. The molecule has 0 aromatic heterocycles. The summed E-state index contributed by atoms with van der Waals surface area (Å²) in [4.78, 5) is 21.5. The maximum absolute atomic E-state index is 11.0. The highest BCUT2D eigenvalue weighted by atomic mass is 16.6. The van der Waals surface area contributed by atoms with Crippen LogP contribution >= 0.6 is 0 Å². The van der Waals surface area contributed by atoms with Gasteiger partial charge in [0.2, 0.25) is 0 Å². The third-order valence-corrected chi connectivity index (χ3v) is 2.70. The van der Waals surface area contributed by atoms with Crippen LogP contribution in [0.25, 0.3) is 6.08 Å². The van der Waals surface area contributed by atoms with Crippen LogP contribution in [0.5, 0.6) is 0 Å². The zero-order chi connectivity index (χ0) is 15.1. The summed E-state index contributed by atoms with van der Waals surface area (Å²) in [5, 5.41) is 19.9. The van der Waals surface area contributed by atoms with Crippen molar-refractivity contribution in [1.82, 2.24) is 0 Å². The molecule has 0 saturated heterocycles. The molecule has 0 amide bonds. The van der Waals surface area contributed by atoms with Crippen molar-refractivity contribution in [3.63, 3.8) is 0 Å².